The Morgan fingerprint density at radius 3 is 2.55 bits per heavy atom. The lowest BCUT2D eigenvalue weighted by molar-refractivity contribution is 0.321. The van der Waals surface area contributed by atoms with Gasteiger partial charge in [-0.2, -0.15) is 0 Å². The quantitative estimate of drug-likeness (QED) is 0.784. The molecule has 0 aromatic heterocycles. The highest BCUT2D eigenvalue weighted by atomic mass is 35.5. The summed E-state index contributed by atoms with van der Waals surface area (Å²) in [5.41, 5.74) is 2.95. The number of benzene rings is 1. The largest absolute Gasteiger partial charge is 0.316 e. The molecule has 2 nitrogen and oxygen atoms in total. The smallest absolute Gasteiger partial charge is 0.0139 e. The Bertz CT molecular complexity index is 457. The van der Waals surface area contributed by atoms with E-state index in [1.165, 1.54) is 44.5 Å². The number of halogens is 2. The molecule has 22 heavy (non-hydrogen) atoms. The van der Waals surface area contributed by atoms with Gasteiger partial charge in [0.15, 0.2) is 0 Å². The summed E-state index contributed by atoms with van der Waals surface area (Å²) in [6.07, 6.45) is 6.22. The van der Waals surface area contributed by atoms with Gasteiger partial charge in [0.25, 0.3) is 0 Å². The van der Waals surface area contributed by atoms with Gasteiger partial charge in [0.1, 0.15) is 0 Å². The summed E-state index contributed by atoms with van der Waals surface area (Å²) >= 11 is 0. The molecule has 3 rings (SSSR count). The van der Waals surface area contributed by atoms with E-state index < -0.39 is 0 Å². The van der Waals surface area contributed by atoms with E-state index in [9.17, 15) is 0 Å². The van der Waals surface area contributed by atoms with Crippen molar-refractivity contribution < 1.29 is 0 Å². The van der Waals surface area contributed by atoms with Crippen molar-refractivity contribution in [1.82, 2.24) is 10.6 Å². The molecular formula is C18H28Cl2N2. The van der Waals surface area contributed by atoms with E-state index in [0.717, 1.165) is 17.9 Å². The van der Waals surface area contributed by atoms with Crippen LogP contribution in [0.3, 0.4) is 0 Å². The predicted molar refractivity (Wildman–Crippen MR) is 100 cm³/mol. The number of nitrogens with one attached hydrogen (secondary N) is 2. The van der Waals surface area contributed by atoms with Gasteiger partial charge in [-0.1, -0.05) is 48.9 Å². The summed E-state index contributed by atoms with van der Waals surface area (Å²) in [4.78, 5) is 0. The third-order valence-corrected chi connectivity index (χ3v) is 4.65. The Hall–Kier alpha value is -0.540. The zero-order valence-electron chi connectivity index (χ0n) is 13.3. The van der Waals surface area contributed by atoms with E-state index in [0.29, 0.717) is 0 Å². The van der Waals surface area contributed by atoms with Gasteiger partial charge in [0.2, 0.25) is 0 Å². The minimum Gasteiger partial charge on any atom is -0.316 e. The molecule has 2 aliphatic rings. The van der Waals surface area contributed by atoms with Crippen LogP contribution in [-0.2, 0) is 0 Å². The SMILES string of the molecule is CCC(=Cc1ccccc1)[C@@H]1C[C@H]1NCCC1CNC1.Cl.Cl. The van der Waals surface area contributed by atoms with Gasteiger partial charge in [-0.25, -0.2) is 0 Å². The van der Waals surface area contributed by atoms with Crippen molar-refractivity contribution in [2.24, 2.45) is 11.8 Å². The Kier molecular flexibility index (Phi) is 8.48. The predicted octanol–water partition coefficient (Wildman–Crippen LogP) is 3.91. The summed E-state index contributed by atoms with van der Waals surface area (Å²) < 4.78 is 0. The van der Waals surface area contributed by atoms with Crippen LogP contribution >= 0.6 is 24.8 Å². The monoisotopic (exact) mass is 342 g/mol. The van der Waals surface area contributed by atoms with Crippen LogP contribution in [0.2, 0.25) is 0 Å². The molecule has 0 bridgehead atoms. The Balaban J connectivity index is 0.00000121. The standard InChI is InChI=1S/C18H26N2.2ClH/c1-2-16(10-14-6-4-3-5-7-14)17-11-18(17)20-9-8-15-12-19-13-15;;/h3-7,10,15,17-20H,2,8-9,11-13H2,1H3;2*1H/t17-,18+;;/m0../s1. The molecule has 0 amide bonds. The first-order valence-electron chi connectivity index (χ1n) is 8.06. The molecule has 1 saturated carbocycles. The van der Waals surface area contributed by atoms with Gasteiger partial charge >= 0.3 is 0 Å². The van der Waals surface area contributed by atoms with E-state index >= 15 is 0 Å². The van der Waals surface area contributed by atoms with Crippen molar-refractivity contribution in [1.29, 1.82) is 0 Å². The Labute approximate surface area is 147 Å². The van der Waals surface area contributed by atoms with Crippen LogP contribution < -0.4 is 10.6 Å². The highest BCUT2D eigenvalue weighted by Gasteiger charge is 2.38. The van der Waals surface area contributed by atoms with E-state index in [1.807, 2.05) is 0 Å². The van der Waals surface area contributed by atoms with Crippen LogP contribution in [0.1, 0.15) is 31.7 Å². The lowest BCUT2D eigenvalue weighted by Crippen LogP contribution is -2.43. The Morgan fingerprint density at radius 2 is 1.95 bits per heavy atom. The van der Waals surface area contributed by atoms with Crippen molar-refractivity contribution >= 4 is 30.9 Å². The minimum atomic E-state index is 0. The molecule has 1 aromatic carbocycles. The van der Waals surface area contributed by atoms with Crippen LogP contribution in [0.15, 0.2) is 35.9 Å². The number of rotatable bonds is 7. The summed E-state index contributed by atoms with van der Waals surface area (Å²) in [7, 11) is 0. The normalized spacial score (nSPS) is 24.0. The molecule has 0 spiro atoms. The summed E-state index contributed by atoms with van der Waals surface area (Å²) in [5.74, 6) is 1.70. The number of hydrogen-bond donors (Lipinski definition) is 2. The van der Waals surface area contributed by atoms with Gasteiger partial charge in [-0.05, 0) is 56.3 Å². The van der Waals surface area contributed by atoms with Crippen molar-refractivity contribution in [3.63, 3.8) is 0 Å². The van der Waals surface area contributed by atoms with E-state index in [1.54, 1.807) is 5.57 Å². The van der Waals surface area contributed by atoms with Crippen molar-refractivity contribution in [2.45, 2.75) is 32.2 Å². The highest BCUT2D eigenvalue weighted by Crippen LogP contribution is 2.39. The lowest BCUT2D eigenvalue weighted by Gasteiger charge is -2.27. The first kappa shape index (κ1) is 19.5. The molecule has 0 radical (unpaired) electrons. The molecule has 124 valence electrons. The molecule has 1 aromatic rings. The fourth-order valence-electron chi connectivity index (χ4n) is 3.09. The van der Waals surface area contributed by atoms with Crippen LogP contribution in [0.5, 0.6) is 0 Å². The molecule has 0 unspecified atom stereocenters. The topological polar surface area (TPSA) is 24.1 Å². The van der Waals surface area contributed by atoms with Crippen LogP contribution in [-0.4, -0.2) is 25.7 Å². The van der Waals surface area contributed by atoms with Gasteiger partial charge in [-0.3, -0.25) is 0 Å². The van der Waals surface area contributed by atoms with E-state index in [-0.39, 0.29) is 24.8 Å². The molecule has 2 N–H and O–H groups in total. The second kappa shape index (κ2) is 9.57. The van der Waals surface area contributed by atoms with Gasteiger partial charge in [-0.15, -0.1) is 24.8 Å². The highest BCUT2D eigenvalue weighted by molar-refractivity contribution is 5.85. The third kappa shape index (κ3) is 5.27. The average molecular weight is 343 g/mol. The zero-order chi connectivity index (χ0) is 13.8. The van der Waals surface area contributed by atoms with Gasteiger partial charge < -0.3 is 10.6 Å². The van der Waals surface area contributed by atoms with E-state index in [4.69, 9.17) is 0 Å². The first-order valence-corrected chi connectivity index (χ1v) is 8.06. The number of hydrogen-bond acceptors (Lipinski definition) is 2. The molecular weight excluding hydrogens is 315 g/mol. The fourth-order valence-corrected chi connectivity index (χ4v) is 3.09. The maximum Gasteiger partial charge on any atom is 0.0139 e. The third-order valence-electron chi connectivity index (χ3n) is 4.65. The Morgan fingerprint density at radius 1 is 1.23 bits per heavy atom. The van der Waals surface area contributed by atoms with Crippen LogP contribution in [0.4, 0.5) is 0 Å². The summed E-state index contributed by atoms with van der Waals surface area (Å²) in [6, 6.07) is 11.5. The second-order valence-electron chi connectivity index (χ2n) is 6.20. The van der Waals surface area contributed by atoms with Crippen LogP contribution in [0, 0.1) is 11.8 Å². The molecule has 1 saturated heterocycles. The zero-order valence-corrected chi connectivity index (χ0v) is 14.9. The molecule has 2 atom stereocenters. The van der Waals surface area contributed by atoms with Crippen molar-refractivity contribution in [3.05, 3.63) is 41.5 Å². The maximum absolute atomic E-state index is 3.74. The maximum atomic E-state index is 3.74. The van der Waals surface area contributed by atoms with Gasteiger partial charge in [0, 0.05) is 6.04 Å². The van der Waals surface area contributed by atoms with Crippen molar-refractivity contribution in [2.75, 3.05) is 19.6 Å². The summed E-state index contributed by atoms with van der Waals surface area (Å²) in [5, 5.41) is 7.08. The molecule has 1 aliphatic heterocycles. The van der Waals surface area contributed by atoms with Crippen LogP contribution in [0.25, 0.3) is 6.08 Å². The second-order valence-corrected chi connectivity index (χ2v) is 6.20. The molecule has 2 fully saturated rings. The van der Waals surface area contributed by atoms with Gasteiger partial charge in [0.05, 0.1) is 0 Å². The van der Waals surface area contributed by atoms with Crippen molar-refractivity contribution in [3.8, 4) is 0 Å². The molecule has 4 heteroatoms. The first-order chi connectivity index (χ1) is 9.86. The average Bonchev–Trinajstić information content (AvgIpc) is 3.19. The fraction of sp³-hybridized carbons (Fsp3) is 0.556. The molecule has 1 aliphatic carbocycles. The lowest BCUT2D eigenvalue weighted by atomic mass is 9.99. The molecule has 1 heterocycles. The van der Waals surface area contributed by atoms with E-state index in [2.05, 4.69) is 54.0 Å². The summed E-state index contributed by atoms with van der Waals surface area (Å²) in [6.45, 7) is 5.92. The minimum absolute atomic E-state index is 0.